The Morgan fingerprint density at radius 3 is 2.35 bits per heavy atom. The number of piperazine rings is 1. The summed E-state index contributed by atoms with van der Waals surface area (Å²) in [5, 5.41) is 0. The van der Waals surface area contributed by atoms with Gasteiger partial charge >= 0.3 is 0 Å². The average Bonchev–Trinajstić information content (AvgIpc) is 2.83. The molecule has 0 spiro atoms. The van der Waals surface area contributed by atoms with Gasteiger partial charge in [0.25, 0.3) is 0 Å². The molecular formula is C25H26N4O2. The van der Waals surface area contributed by atoms with Gasteiger partial charge in [-0.3, -0.25) is 4.79 Å². The van der Waals surface area contributed by atoms with Crippen LogP contribution in [-0.2, 0) is 4.79 Å². The van der Waals surface area contributed by atoms with Crippen LogP contribution in [0.4, 0.5) is 5.82 Å². The maximum atomic E-state index is 12.6. The SMILES string of the molecule is COc1ccc(C=CC(=O)N2CCN(c3cc(-c4ccc(C)cc4)ncn3)CC2)cc1. The number of benzene rings is 2. The van der Waals surface area contributed by atoms with Crippen molar-refractivity contribution in [1.29, 1.82) is 0 Å². The lowest BCUT2D eigenvalue weighted by atomic mass is 10.1. The Bertz CT molecular complexity index is 1050. The van der Waals surface area contributed by atoms with Crippen molar-refractivity contribution in [2.24, 2.45) is 0 Å². The first-order valence-corrected chi connectivity index (χ1v) is 10.4. The Morgan fingerprint density at radius 1 is 0.968 bits per heavy atom. The molecule has 2 heterocycles. The number of hydrogen-bond donors (Lipinski definition) is 0. The highest BCUT2D eigenvalue weighted by Crippen LogP contribution is 2.22. The maximum absolute atomic E-state index is 12.6. The molecule has 0 atom stereocenters. The Hall–Kier alpha value is -3.67. The fraction of sp³-hybridized carbons (Fsp3) is 0.240. The van der Waals surface area contributed by atoms with Gasteiger partial charge in [0.2, 0.25) is 5.91 Å². The second-order valence-electron chi connectivity index (χ2n) is 7.55. The smallest absolute Gasteiger partial charge is 0.246 e. The molecule has 1 amide bonds. The third-order valence-electron chi connectivity index (χ3n) is 5.45. The first-order valence-electron chi connectivity index (χ1n) is 10.4. The second kappa shape index (κ2) is 9.43. The number of anilines is 1. The molecule has 1 aliphatic heterocycles. The van der Waals surface area contributed by atoms with Crippen LogP contribution in [0.3, 0.4) is 0 Å². The lowest BCUT2D eigenvalue weighted by molar-refractivity contribution is -0.126. The van der Waals surface area contributed by atoms with E-state index >= 15 is 0 Å². The zero-order chi connectivity index (χ0) is 21.6. The van der Waals surface area contributed by atoms with E-state index in [0.717, 1.165) is 41.5 Å². The van der Waals surface area contributed by atoms with E-state index in [1.807, 2.05) is 41.3 Å². The Labute approximate surface area is 182 Å². The molecule has 0 bridgehead atoms. The van der Waals surface area contributed by atoms with Gasteiger partial charge in [0.05, 0.1) is 12.8 Å². The molecular weight excluding hydrogens is 388 g/mol. The van der Waals surface area contributed by atoms with Crippen LogP contribution in [0, 0.1) is 6.92 Å². The number of aryl methyl sites for hydroxylation is 1. The minimum absolute atomic E-state index is 0.0264. The van der Waals surface area contributed by atoms with Gasteiger partial charge in [0, 0.05) is 43.9 Å². The van der Waals surface area contributed by atoms with Crippen molar-refractivity contribution in [1.82, 2.24) is 14.9 Å². The molecule has 0 unspecified atom stereocenters. The lowest BCUT2D eigenvalue weighted by Crippen LogP contribution is -2.48. The summed E-state index contributed by atoms with van der Waals surface area (Å²) >= 11 is 0. The fourth-order valence-corrected chi connectivity index (χ4v) is 3.55. The molecule has 158 valence electrons. The zero-order valence-corrected chi connectivity index (χ0v) is 17.9. The monoisotopic (exact) mass is 414 g/mol. The Balaban J connectivity index is 1.36. The fourth-order valence-electron chi connectivity index (χ4n) is 3.55. The van der Waals surface area contributed by atoms with Crippen LogP contribution in [0.15, 0.2) is 67.0 Å². The largest absolute Gasteiger partial charge is 0.497 e. The third-order valence-corrected chi connectivity index (χ3v) is 5.45. The molecule has 6 nitrogen and oxygen atoms in total. The highest BCUT2D eigenvalue weighted by atomic mass is 16.5. The highest BCUT2D eigenvalue weighted by molar-refractivity contribution is 5.92. The number of aromatic nitrogens is 2. The van der Waals surface area contributed by atoms with Gasteiger partial charge in [-0.05, 0) is 30.7 Å². The molecule has 0 N–H and O–H groups in total. The van der Waals surface area contributed by atoms with Gasteiger partial charge in [0.1, 0.15) is 17.9 Å². The molecule has 1 aliphatic rings. The van der Waals surface area contributed by atoms with E-state index in [4.69, 9.17) is 4.74 Å². The van der Waals surface area contributed by atoms with Gasteiger partial charge in [-0.15, -0.1) is 0 Å². The van der Waals surface area contributed by atoms with Crippen molar-refractivity contribution in [3.63, 3.8) is 0 Å². The summed E-state index contributed by atoms with van der Waals surface area (Å²) < 4.78 is 5.16. The second-order valence-corrected chi connectivity index (χ2v) is 7.55. The van der Waals surface area contributed by atoms with E-state index in [0.29, 0.717) is 13.1 Å². The number of carbonyl (C=O) groups is 1. The number of carbonyl (C=O) groups excluding carboxylic acids is 1. The number of nitrogens with zero attached hydrogens (tertiary/aromatic N) is 4. The summed E-state index contributed by atoms with van der Waals surface area (Å²) in [6.07, 6.45) is 5.09. The Morgan fingerprint density at radius 2 is 1.68 bits per heavy atom. The van der Waals surface area contributed by atoms with Crippen LogP contribution in [0.2, 0.25) is 0 Å². The van der Waals surface area contributed by atoms with Crippen LogP contribution < -0.4 is 9.64 Å². The molecule has 31 heavy (non-hydrogen) atoms. The van der Waals surface area contributed by atoms with Crippen LogP contribution in [0.25, 0.3) is 17.3 Å². The van der Waals surface area contributed by atoms with Crippen molar-refractivity contribution < 1.29 is 9.53 Å². The van der Waals surface area contributed by atoms with E-state index < -0.39 is 0 Å². The van der Waals surface area contributed by atoms with Crippen LogP contribution in [0.5, 0.6) is 5.75 Å². The van der Waals surface area contributed by atoms with E-state index in [2.05, 4.69) is 46.1 Å². The third kappa shape index (κ3) is 5.09. The summed E-state index contributed by atoms with van der Waals surface area (Å²) in [7, 11) is 1.64. The summed E-state index contributed by atoms with van der Waals surface area (Å²) in [6.45, 7) is 4.88. The molecule has 1 saturated heterocycles. The van der Waals surface area contributed by atoms with Gasteiger partial charge in [-0.2, -0.15) is 0 Å². The van der Waals surface area contributed by atoms with Crippen molar-refractivity contribution >= 4 is 17.8 Å². The Kier molecular flexibility index (Phi) is 6.26. The van der Waals surface area contributed by atoms with Crippen LogP contribution >= 0.6 is 0 Å². The topological polar surface area (TPSA) is 58.6 Å². The first-order chi connectivity index (χ1) is 15.1. The predicted octanol–water partition coefficient (Wildman–Crippen LogP) is 3.82. The van der Waals surface area contributed by atoms with Crippen molar-refractivity contribution in [3.8, 4) is 17.0 Å². The van der Waals surface area contributed by atoms with Crippen LogP contribution in [0.1, 0.15) is 11.1 Å². The summed E-state index contributed by atoms with van der Waals surface area (Å²) in [5.41, 5.74) is 4.18. The van der Waals surface area contributed by atoms with Crippen LogP contribution in [-0.4, -0.2) is 54.1 Å². The minimum Gasteiger partial charge on any atom is -0.497 e. The summed E-state index contributed by atoms with van der Waals surface area (Å²) in [5.74, 6) is 1.72. The highest BCUT2D eigenvalue weighted by Gasteiger charge is 2.21. The molecule has 1 fully saturated rings. The maximum Gasteiger partial charge on any atom is 0.246 e. The molecule has 2 aromatic carbocycles. The van der Waals surface area contributed by atoms with Gasteiger partial charge in [-0.1, -0.05) is 42.0 Å². The van der Waals surface area contributed by atoms with E-state index in [1.54, 1.807) is 19.5 Å². The normalized spacial score (nSPS) is 14.1. The summed E-state index contributed by atoms with van der Waals surface area (Å²) in [6, 6.07) is 18.0. The quantitative estimate of drug-likeness (QED) is 0.594. The van der Waals surface area contributed by atoms with E-state index in [9.17, 15) is 4.79 Å². The first kappa shape index (κ1) is 20.6. The zero-order valence-electron chi connectivity index (χ0n) is 17.9. The number of rotatable bonds is 5. The average molecular weight is 415 g/mol. The van der Waals surface area contributed by atoms with E-state index in [1.165, 1.54) is 5.56 Å². The molecule has 0 saturated carbocycles. The van der Waals surface area contributed by atoms with Crippen molar-refractivity contribution in [3.05, 3.63) is 78.1 Å². The van der Waals surface area contributed by atoms with E-state index in [-0.39, 0.29) is 5.91 Å². The lowest BCUT2D eigenvalue weighted by Gasteiger charge is -2.35. The molecule has 3 aromatic rings. The number of hydrogen-bond acceptors (Lipinski definition) is 5. The van der Waals surface area contributed by atoms with Crippen molar-refractivity contribution in [2.45, 2.75) is 6.92 Å². The van der Waals surface area contributed by atoms with Gasteiger partial charge in [-0.25, -0.2) is 9.97 Å². The number of methoxy groups -OCH3 is 1. The van der Waals surface area contributed by atoms with Gasteiger partial charge < -0.3 is 14.5 Å². The standard InChI is InChI=1S/C25H26N4O2/c1-19-3-8-21(9-4-19)23-17-24(27-18-26-23)28-13-15-29(16-14-28)25(30)12-7-20-5-10-22(31-2)11-6-20/h3-12,17-18H,13-16H2,1-2H3. The molecule has 6 heteroatoms. The van der Waals surface area contributed by atoms with Crippen molar-refractivity contribution in [2.75, 3.05) is 38.2 Å². The number of amides is 1. The summed E-state index contributed by atoms with van der Waals surface area (Å²) in [4.78, 5) is 25.5. The van der Waals surface area contributed by atoms with Gasteiger partial charge in [0.15, 0.2) is 0 Å². The molecule has 1 aromatic heterocycles. The minimum atomic E-state index is 0.0264. The number of ether oxygens (including phenoxy) is 1. The molecule has 4 rings (SSSR count). The predicted molar refractivity (Wildman–Crippen MR) is 123 cm³/mol. The molecule has 0 radical (unpaired) electrons. The molecule has 0 aliphatic carbocycles.